The number of aliphatic imine (C=N–C) groups is 1. The van der Waals surface area contributed by atoms with Gasteiger partial charge >= 0.3 is 0 Å². The van der Waals surface area contributed by atoms with Crippen molar-refractivity contribution >= 4 is 22.4 Å². The van der Waals surface area contributed by atoms with Gasteiger partial charge in [0.15, 0.2) is 11.6 Å². The van der Waals surface area contributed by atoms with Crippen molar-refractivity contribution in [3.8, 4) is 0 Å². The van der Waals surface area contributed by atoms with E-state index in [4.69, 9.17) is 4.99 Å². The number of nitrogens with one attached hydrogen (secondary N) is 1. The summed E-state index contributed by atoms with van der Waals surface area (Å²) in [5.41, 5.74) is 3.24. The average molecular weight is 410 g/mol. The second-order valence-corrected chi connectivity index (χ2v) is 8.15. The average Bonchev–Trinajstić information content (AvgIpc) is 3.34. The Bertz CT molecular complexity index is 1090. The highest BCUT2D eigenvalue weighted by Crippen LogP contribution is 2.40. The van der Waals surface area contributed by atoms with E-state index in [2.05, 4.69) is 9.97 Å². The SMILES string of the molecule is OC1CC(=NC2CCCCC2)C(c2cccc(F)c2F)N1c1ccc2nc[nH]c2c1. The van der Waals surface area contributed by atoms with Crippen LogP contribution in [0.2, 0.25) is 0 Å². The molecule has 1 saturated heterocycles. The summed E-state index contributed by atoms with van der Waals surface area (Å²) < 4.78 is 29.0. The van der Waals surface area contributed by atoms with Crippen LogP contribution in [0.25, 0.3) is 11.0 Å². The van der Waals surface area contributed by atoms with Crippen molar-refractivity contribution in [1.82, 2.24) is 9.97 Å². The summed E-state index contributed by atoms with van der Waals surface area (Å²) in [6.45, 7) is 0. The van der Waals surface area contributed by atoms with Gasteiger partial charge in [0.1, 0.15) is 6.23 Å². The fraction of sp³-hybridized carbons (Fsp3) is 0.391. The molecule has 1 saturated carbocycles. The van der Waals surface area contributed by atoms with Crippen molar-refractivity contribution in [2.45, 2.75) is 56.8 Å². The highest BCUT2D eigenvalue weighted by atomic mass is 19.2. The zero-order valence-corrected chi connectivity index (χ0v) is 16.6. The largest absolute Gasteiger partial charge is 0.373 e. The molecule has 5 nitrogen and oxygen atoms in total. The number of H-pyrrole nitrogens is 1. The molecule has 156 valence electrons. The van der Waals surface area contributed by atoms with Crippen LogP contribution in [0.4, 0.5) is 14.5 Å². The van der Waals surface area contributed by atoms with E-state index in [1.807, 2.05) is 18.2 Å². The maximum Gasteiger partial charge on any atom is 0.164 e. The number of rotatable bonds is 3. The first-order valence-electron chi connectivity index (χ1n) is 10.5. The van der Waals surface area contributed by atoms with E-state index < -0.39 is 23.9 Å². The van der Waals surface area contributed by atoms with Crippen LogP contribution in [-0.2, 0) is 0 Å². The molecule has 0 radical (unpaired) electrons. The fourth-order valence-corrected chi connectivity index (χ4v) is 4.76. The molecule has 0 bridgehead atoms. The fourth-order valence-electron chi connectivity index (χ4n) is 4.76. The molecule has 5 rings (SSSR count). The van der Waals surface area contributed by atoms with Crippen LogP contribution >= 0.6 is 0 Å². The molecule has 1 aromatic heterocycles. The van der Waals surface area contributed by atoms with Crippen molar-refractivity contribution in [3.05, 3.63) is 59.9 Å². The van der Waals surface area contributed by atoms with E-state index in [0.29, 0.717) is 17.8 Å². The van der Waals surface area contributed by atoms with Gasteiger partial charge in [-0.3, -0.25) is 4.99 Å². The predicted molar refractivity (Wildman–Crippen MR) is 113 cm³/mol. The lowest BCUT2D eigenvalue weighted by molar-refractivity contribution is 0.186. The molecule has 2 unspecified atom stereocenters. The van der Waals surface area contributed by atoms with Gasteiger partial charge in [-0.15, -0.1) is 0 Å². The summed E-state index contributed by atoms with van der Waals surface area (Å²) in [5.74, 6) is -1.78. The number of hydrogen-bond acceptors (Lipinski definition) is 4. The van der Waals surface area contributed by atoms with Gasteiger partial charge in [-0.1, -0.05) is 31.4 Å². The van der Waals surface area contributed by atoms with E-state index in [1.54, 1.807) is 17.3 Å². The number of fused-ring (bicyclic) bond motifs is 1. The Morgan fingerprint density at radius 1 is 1.10 bits per heavy atom. The highest BCUT2D eigenvalue weighted by molar-refractivity contribution is 5.97. The van der Waals surface area contributed by atoms with E-state index in [9.17, 15) is 13.9 Å². The van der Waals surface area contributed by atoms with Crippen molar-refractivity contribution in [2.24, 2.45) is 4.99 Å². The first kappa shape index (κ1) is 19.2. The van der Waals surface area contributed by atoms with Crippen molar-refractivity contribution in [2.75, 3.05) is 4.90 Å². The van der Waals surface area contributed by atoms with Gasteiger partial charge in [-0.05, 0) is 37.1 Å². The number of aliphatic hydroxyl groups excluding tert-OH is 1. The summed E-state index contributed by atoms with van der Waals surface area (Å²) in [4.78, 5) is 14.0. The summed E-state index contributed by atoms with van der Waals surface area (Å²) in [7, 11) is 0. The number of aromatic nitrogens is 2. The molecule has 0 spiro atoms. The van der Waals surface area contributed by atoms with Gasteiger partial charge in [-0.25, -0.2) is 13.8 Å². The van der Waals surface area contributed by atoms with Crippen molar-refractivity contribution < 1.29 is 13.9 Å². The first-order valence-corrected chi connectivity index (χ1v) is 10.5. The van der Waals surface area contributed by atoms with Crippen LogP contribution in [0.1, 0.15) is 50.1 Å². The third-order valence-corrected chi connectivity index (χ3v) is 6.21. The molecule has 1 aliphatic heterocycles. The van der Waals surface area contributed by atoms with Crippen molar-refractivity contribution in [1.29, 1.82) is 0 Å². The number of hydrogen-bond donors (Lipinski definition) is 2. The molecule has 7 heteroatoms. The zero-order chi connectivity index (χ0) is 20.7. The Labute approximate surface area is 173 Å². The molecule has 1 aliphatic carbocycles. The Morgan fingerprint density at radius 2 is 1.93 bits per heavy atom. The van der Waals surface area contributed by atoms with E-state index in [-0.39, 0.29) is 11.6 Å². The van der Waals surface area contributed by atoms with Gasteiger partial charge in [-0.2, -0.15) is 0 Å². The van der Waals surface area contributed by atoms with E-state index >= 15 is 0 Å². The predicted octanol–water partition coefficient (Wildman–Crippen LogP) is 4.88. The van der Waals surface area contributed by atoms with Crippen LogP contribution in [0.15, 0.2) is 47.7 Å². The lowest BCUT2D eigenvalue weighted by atomic mass is 9.95. The Hall–Kier alpha value is -2.80. The monoisotopic (exact) mass is 410 g/mol. The molecule has 2 N–H and O–H groups in total. The van der Waals surface area contributed by atoms with Crippen LogP contribution in [-0.4, -0.2) is 33.1 Å². The molecular weight excluding hydrogens is 386 g/mol. The lowest BCUT2D eigenvalue weighted by Gasteiger charge is -2.30. The van der Waals surface area contributed by atoms with Gasteiger partial charge in [0.25, 0.3) is 0 Å². The second-order valence-electron chi connectivity index (χ2n) is 8.15. The molecular formula is C23H24F2N4O. The van der Waals surface area contributed by atoms with Crippen LogP contribution in [0.5, 0.6) is 0 Å². The van der Waals surface area contributed by atoms with E-state index in [1.165, 1.54) is 12.5 Å². The number of halogens is 2. The Balaban J connectivity index is 1.62. The topological polar surface area (TPSA) is 64.5 Å². The highest BCUT2D eigenvalue weighted by Gasteiger charge is 2.41. The quantitative estimate of drug-likeness (QED) is 0.647. The van der Waals surface area contributed by atoms with Crippen LogP contribution < -0.4 is 4.90 Å². The van der Waals surface area contributed by atoms with E-state index in [0.717, 1.165) is 42.8 Å². The lowest BCUT2D eigenvalue weighted by Crippen LogP contribution is -2.33. The maximum atomic E-state index is 14.9. The number of aromatic amines is 1. The Kier molecular flexibility index (Phi) is 4.98. The number of anilines is 1. The van der Waals surface area contributed by atoms with Gasteiger partial charge in [0.2, 0.25) is 0 Å². The first-order chi connectivity index (χ1) is 14.6. The van der Waals surface area contributed by atoms with Gasteiger partial charge in [0.05, 0.1) is 23.4 Å². The molecule has 0 amide bonds. The molecule has 30 heavy (non-hydrogen) atoms. The summed E-state index contributed by atoms with van der Waals surface area (Å²) in [6, 6.07) is 9.30. The molecule has 2 aromatic carbocycles. The van der Waals surface area contributed by atoms with Gasteiger partial charge in [0, 0.05) is 29.4 Å². The summed E-state index contributed by atoms with van der Waals surface area (Å²) >= 11 is 0. The molecule has 3 aromatic rings. The number of imidazole rings is 1. The van der Waals surface area contributed by atoms with Gasteiger partial charge < -0.3 is 15.0 Å². The Morgan fingerprint density at radius 3 is 2.77 bits per heavy atom. The number of nitrogens with zero attached hydrogens (tertiary/aromatic N) is 3. The summed E-state index contributed by atoms with van der Waals surface area (Å²) in [5, 5.41) is 11.0. The standard InChI is InChI=1S/C23H24F2N4O/c24-17-8-4-7-16(22(17)25)23-20(28-14-5-2-1-3-6-14)12-21(30)29(23)15-9-10-18-19(11-15)27-13-26-18/h4,7-11,13-14,21,23,30H,1-3,5-6,12H2,(H,26,27). The zero-order valence-electron chi connectivity index (χ0n) is 16.6. The minimum atomic E-state index is -0.894. The molecule has 2 atom stereocenters. The number of benzene rings is 2. The normalized spacial score (nSPS) is 24.2. The molecule has 2 heterocycles. The van der Waals surface area contributed by atoms with Crippen molar-refractivity contribution in [3.63, 3.8) is 0 Å². The number of aliphatic hydroxyl groups is 1. The molecule has 2 fully saturated rings. The minimum Gasteiger partial charge on any atom is -0.373 e. The maximum absolute atomic E-state index is 14.9. The smallest absolute Gasteiger partial charge is 0.164 e. The molecule has 2 aliphatic rings. The second kappa shape index (κ2) is 7.80. The third-order valence-electron chi connectivity index (χ3n) is 6.21. The van der Waals surface area contributed by atoms with Crippen LogP contribution in [0, 0.1) is 11.6 Å². The van der Waals surface area contributed by atoms with Crippen LogP contribution in [0.3, 0.4) is 0 Å². The third kappa shape index (κ3) is 3.37. The summed E-state index contributed by atoms with van der Waals surface area (Å²) in [6.07, 6.45) is 6.50. The minimum absolute atomic E-state index is 0.176.